The number of aromatic carboxylic acids is 1. The summed E-state index contributed by atoms with van der Waals surface area (Å²) in [6.07, 6.45) is 0.0763. The Balaban J connectivity index is 3.21. The first kappa shape index (κ1) is 15.2. The average Bonchev–Trinajstić information content (AvgIpc) is 2.38. The molecule has 6 heteroatoms. The van der Waals surface area contributed by atoms with Gasteiger partial charge in [0, 0.05) is 17.9 Å². The Morgan fingerprint density at radius 1 is 1.16 bits per heavy atom. The van der Waals surface area contributed by atoms with E-state index in [1.54, 1.807) is 6.92 Å². The van der Waals surface area contributed by atoms with Crippen LogP contribution in [0.25, 0.3) is 0 Å². The lowest BCUT2D eigenvalue weighted by Crippen LogP contribution is -2.10. The van der Waals surface area contributed by atoms with Crippen LogP contribution in [0.4, 0.5) is 0 Å². The van der Waals surface area contributed by atoms with Crippen molar-refractivity contribution in [2.75, 3.05) is 12.5 Å². The van der Waals surface area contributed by atoms with Crippen molar-refractivity contribution in [1.29, 1.82) is 0 Å². The van der Waals surface area contributed by atoms with E-state index in [4.69, 9.17) is 21.4 Å². The summed E-state index contributed by atoms with van der Waals surface area (Å²) in [5, 5.41) is 8.97. The number of hydrogen-bond donors (Lipinski definition) is 1. The van der Waals surface area contributed by atoms with Crippen LogP contribution in [0.1, 0.15) is 44.4 Å². The SMILES string of the molecule is CCOC(=O)c1cc(C(=O)O)cc(C(=O)CCCl)c1. The van der Waals surface area contributed by atoms with Gasteiger partial charge in [-0.05, 0) is 25.1 Å². The van der Waals surface area contributed by atoms with Crippen molar-refractivity contribution >= 4 is 29.3 Å². The van der Waals surface area contributed by atoms with Gasteiger partial charge in [0.25, 0.3) is 0 Å². The van der Waals surface area contributed by atoms with Gasteiger partial charge in [-0.3, -0.25) is 4.79 Å². The van der Waals surface area contributed by atoms with E-state index in [-0.39, 0.29) is 41.4 Å². The van der Waals surface area contributed by atoms with Crippen molar-refractivity contribution in [2.45, 2.75) is 13.3 Å². The minimum atomic E-state index is -1.22. The summed E-state index contributed by atoms with van der Waals surface area (Å²) >= 11 is 5.47. The van der Waals surface area contributed by atoms with Gasteiger partial charge in [0.15, 0.2) is 5.78 Å². The molecular formula is C13H13ClO5. The number of carbonyl (C=O) groups is 3. The van der Waals surface area contributed by atoms with Crippen LogP contribution in [0.5, 0.6) is 0 Å². The number of rotatable bonds is 6. The van der Waals surface area contributed by atoms with E-state index in [2.05, 4.69) is 0 Å². The average molecular weight is 285 g/mol. The van der Waals surface area contributed by atoms with Gasteiger partial charge in [-0.25, -0.2) is 9.59 Å². The molecule has 1 rings (SSSR count). The summed E-state index contributed by atoms with van der Waals surface area (Å²) in [5.74, 6) is -2.06. The number of carboxylic acids is 1. The summed E-state index contributed by atoms with van der Waals surface area (Å²) in [4.78, 5) is 34.3. The highest BCUT2D eigenvalue weighted by Crippen LogP contribution is 2.14. The third-order valence-electron chi connectivity index (χ3n) is 2.33. The number of carboxylic acid groups (broad SMARTS) is 1. The van der Waals surface area contributed by atoms with Crippen LogP contribution >= 0.6 is 11.6 Å². The molecule has 0 unspecified atom stereocenters. The topological polar surface area (TPSA) is 80.7 Å². The maximum absolute atomic E-state index is 11.7. The molecule has 0 bridgehead atoms. The van der Waals surface area contributed by atoms with Gasteiger partial charge in [-0.1, -0.05) is 0 Å². The summed E-state index contributed by atoms with van der Waals surface area (Å²) < 4.78 is 4.79. The van der Waals surface area contributed by atoms with Gasteiger partial charge in [-0.2, -0.15) is 0 Å². The Labute approximate surface area is 115 Å². The quantitative estimate of drug-likeness (QED) is 0.493. The van der Waals surface area contributed by atoms with Crippen molar-refractivity contribution in [3.8, 4) is 0 Å². The minimum Gasteiger partial charge on any atom is -0.478 e. The highest BCUT2D eigenvalue weighted by atomic mass is 35.5. The van der Waals surface area contributed by atoms with Crippen molar-refractivity contribution < 1.29 is 24.2 Å². The fraction of sp³-hybridized carbons (Fsp3) is 0.308. The molecule has 1 aromatic carbocycles. The van der Waals surface area contributed by atoms with E-state index in [0.717, 1.165) is 0 Å². The van der Waals surface area contributed by atoms with E-state index in [1.165, 1.54) is 18.2 Å². The molecule has 0 amide bonds. The fourth-order valence-corrected chi connectivity index (χ4v) is 1.65. The molecule has 0 radical (unpaired) electrons. The van der Waals surface area contributed by atoms with Gasteiger partial charge >= 0.3 is 11.9 Å². The second-order valence-electron chi connectivity index (χ2n) is 3.69. The Kier molecular flexibility index (Phi) is 5.51. The Bertz CT molecular complexity index is 474. The van der Waals surface area contributed by atoms with Crippen LogP contribution in [0, 0.1) is 0 Å². The standard InChI is InChI=1S/C13H13ClO5/c1-2-19-13(18)10-6-8(11(15)3-4-14)5-9(7-10)12(16)17/h5-7H,2-4H2,1H3,(H,16,17). The second kappa shape index (κ2) is 6.89. The van der Waals surface area contributed by atoms with Gasteiger partial charge in [0.1, 0.15) is 0 Å². The molecule has 1 aromatic rings. The molecule has 102 valence electrons. The van der Waals surface area contributed by atoms with Crippen LogP contribution in [-0.4, -0.2) is 35.3 Å². The third-order valence-corrected chi connectivity index (χ3v) is 2.52. The summed E-state index contributed by atoms with van der Waals surface area (Å²) in [6.45, 7) is 1.81. The zero-order valence-corrected chi connectivity index (χ0v) is 11.1. The molecule has 0 atom stereocenters. The largest absolute Gasteiger partial charge is 0.478 e. The molecule has 19 heavy (non-hydrogen) atoms. The first-order valence-corrected chi connectivity index (χ1v) is 6.17. The molecule has 0 aromatic heterocycles. The van der Waals surface area contributed by atoms with E-state index >= 15 is 0 Å². The Morgan fingerprint density at radius 2 is 1.74 bits per heavy atom. The lowest BCUT2D eigenvalue weighted by atomic mass is 10.0. The van der Waals surface area contributed by atoms with E-state index in [0.29, 0.717) is 0 Å². The molecule has 0 saturated carbocycles. The number of ketones is 1. The number of ether oxygens (including phenoxy) is 1. The zero-order valence-electron chi connectivity index (χ0n) is 10.3. The predicted molar refractivity (Wildman–Crippen MR) is 69.0 cm³/mol. The van der Waals surface area contributed by atoms with Crippen LogP contribution < -0.4 is 0 Å². The molecule has 0 aliphatic rings. The van der Waals surface area contributed by atoms with Crippen molar-refractivity contribution in [3.63, 3.8) is 0 Å². The first-order chi connectivity index (χ1) is 8.99. The van der Waals surface area contributed by atoms with E-state index in [9.17, 15) is 14.4 Å². The maximum atomic E-state index is 11.7. The smallest absolute Gasteiger partial charge is 0.338 e. The number of Topliss-reactive ketones (excluding diaryl/α,β-unsaturated/α-hetero) is 1. The van der Waals surface area contributed by atoms with Crippen LogP contribution in [-0.2, 0) is 4.74 Å². The molecule has 5 nitrogen and oxygen atoms in total. The fourth-order valence-electron chi connectivity index (χ4n) is 1.47. The molecule has 0 heterocycles. The second-order valence-corrected chi connectivity index (χ2v) is 4.06. The number of alkyl halides is 1. The molecular weight excluding hydrogens is 272 g/mol. The van der Waals surface area contributed by atoms with Crippen LogP contribution in [0.3, 0.4) is 0 Å². The lowest BCUT2D eigenvalue weighted by Gasteiger charge is -2.06. The molecule has 1 N–H and O–H groups in total. The monoisotopic (exact) mass is 284 g/mol. The normalized spacial score (nSPS) is 10.0. The van der Waals surface area contributed by atoms with Gasteiger partial charge in [0.2, 0.25) is 0 Å². The molecule has 0 aliphatic carbocycles. The number of hydrogen-bond acceptors (Lipinski definition) is 4. The van der Waals surface area contributed by atoms with Crippen molar-refractivity contribution in [3.05, 3.63) is 34.9 Å². The zero-order chi connectivity index (χ0) is 14.4. The first-order valence-electron chi connectivity index (χ1n) is 5.64. The van der Waals surface area contributed by atoms with Gasteiger partial charge in [-0.15, -0.1) is 11.6 Å². The van der Waals surface area contributed by atoms with Gasteiger partial charge in [0.05, 0.1) is 17.7 Å². The molecule has 0 fully saturated rings. The van der Waals surface area contributed by atoms with Crippen LogP contribution in [0.15, 0.2) is 18.2 Å². The van der Waals surface area contributed by atoms with E-state index < -0.39 is 11.9 Å². The maximum Gasteiger partial charge on any atom is 0.338 e. The summed E-state index contributed by atoms with van der Waals surface area (Å²) in [6, 6.07) is 3.72. The molecule has 0 aliphatic heterocycles. The van der Waals surface area contributed by atoms with Gasteiger partial charge < -0.3 is 9.84 Å². The number of carbonyl (C=O) groups excluding carboxylic acids is 2. The Morgan fingerprint density at radius 3 is 2.26 bits per heavy atom. The molecule has 0 spiro atoms. The minimum absolute atomic E-state index is 0.0414. The number of benzene rings is 1. The van der Waals surface area contributed by atoms with Crippen molar-refractivity contribution in [1.82, 2.24) is 0 Å². The Hall–Kier alpha value is -1.88. The van der Waals surface area contributed by atoms with E-state index in [1.807, 2.05) is 0 Å². The summed E-state index contributed by atoms with van der Waals surface area (Å²) in [5.41, 5.74) is 0.0479. The molecule has 0 saturated heterocycles. The highest BCUT2D eigenvalue weighted by molar-refractivity contribution is 6.19. The number of halogens is 1. The number of esters is 1. The highest BCUT2D eigenvalue weighted by Gasteiger charge is 2.16. The third kappa shape index (κ3) is 4.06. The lowest BCUT2D eigenvalue weighted by molar-refractivity contribution is 0.0526. The summed E-state index contributed by atoms with van der Waals surface area (Å²) in [7, 11) is 0. The predicted octanol–water partition coefficient (Wildman–Crippen LogP) is 2.37. The van der Waals surface area contributed by atoms with Crippen LogP contribution in [0.2, 0.25) is 0 Å². The van der Waals surface area contributed by atoms with Crippen molar-refractivity contribution in [2.24, 2.45) is 0 Å².